The number of hydrogen-bond acceptors (Lipinski definition) is 1. The highest BCUT2D eigenvalue weighted by atomic mass is 35.5. The highest BCUT2D eigenvalue weighted by Gasteiger charge is 2.43. The zero-order chi connectivity index (χ0) is 11.9. The van der Waals surface area contributed by atoms with Gasteiger partial charge in [0.15, 0.2) is 0 Å². The number of rotatable bonds is 0. The summed E-state index contributed by atoms with van der Waals surface area (Å²) in [4.78, 5) is 11.4. The van der Waals surface area contributed by atoms with E-state index in [0.717, 1.165) is 12.8 Å². The van der Waals surface area contributed by atoms with E-state index in [-0.39, 0.29) is 10.8 Å². The number of carbonyl (C=O) groups is 1. The molecule has 3 rings (SSSR count). The van der Waals surface area contributed by atoms with Crippen LogP contribution in [0.1, 0.15) is 36.8 Å². The molecule has 0 aromatic heterocycles. The third-order valence-corrected chi connectivity index (χ3v) is 4.73. The van der Waals surface area contributed by atoms with Crippen molar-refractivity contribution in [3.63, 3.8) is 0 Å². The predicted molar refractivity (Wildman–Crippen MR) is 70.3 cm³/mol. The van der Waals surface area contributed by atoms with Crippen molar-refractivity contribution in [2.24, 2.45) is 0 Å². The SMILES string of the molecule is O=C1CCC2(CC1)c1ccccc1C=C[C@H]2Cl. The van der Waals surface area contributed by atoms with Crippen molar-refractivity contribution in [1.82, 2.24) is 0 Å². The van der Waals surface area contributed by atoms with E-state index in [1.54, 1.807) is 0 Å². The number of fused-ring (bicyclic) bond motifs is 2. The minimum atomic E-state index is -0.0131. The summed E-state index contributed by atoms with van der Waals surface area (Å²) >= 11 is 6.53. The minimum Gasteiger partial charge on any atom is -0.300 e. The fraction of sp³-hybridized carbons (Fsp3) is 0.400. The van der Waals surface area contributed by atoms with Crippen LogP contribution in [-0.4, -0.2) is 11.2 Å². The molecule has 0 saturated heterocycles. The second kappa shape index (κ2) is 3.99. The van der Waals surface area contributed by atoms with Crippen LogP contribution in [0.3, 0.4) is 0 Å². The molecule has 1 nitrogen and oxygen atoms in total. The van der Waals surface area contributed by atoms with E-state index in [4.69, 9.17) is 11.6 Å². The predicted octanol–water partition coefficient (Wildman–Crippen LogP) is 3.70. The molecule has 0 amide bonds. The Bertz CT molecular complexity index is 479. The van der Waals surface area contributed by atoms with Gasteiger partial charge in [0.05, 0.1) is 5.38 Å². The Morgan fingerprint density at radius 3 is 2.65 bits per heavy atom. The van der Waals surface area contributed by atoms with Gasteiger partial charge in [-0.2, -0.15) is 0 Å². The molecule has 17 heavy (non-hydrogen) atoms. The van der Waals surface area contributed by atoms with Gasteiger partial charge in [0.25, 0.3) is 0 Å². The van der Waals surface area contributed by atoms with E-state index < -0.39 is 0 Å². The lowest BCUT2D eigenvalue weighted by Crippen LogP contribution is -2.41. The average Bonchev–Trinajstić information content (AvgIpc) is 2.37. The Morgan fingerprint density at radius 2 is 1.88 bits per heavy atom. The van der Waals surface area contributed by atoms with Gasteiger partial charge in [-0.3, -0.25) is 4.79 Å². The Morgan fingerprint density at radius 1 is 1.18 bits per heavy atom. The molecular weight excluding hydrogens is 232 g/mol. The maximum atomic E-state index is 11.4. The summed E-state index contributed by atoms with van der Waals surface area (Å²) in [6, 6.07) is 8.43. The van der Waals surface area contributed by atoms with Crippen LogP contribution in [0, 0.1) is 0 Å². The molecule has 1 aromatic rings. The molecule has 0 bridgehead atoms. The number of halogens is 1. The zero-order valence-corrected chi connectivity index (χ0v) is 10.4. The quantitative estimate of drug-likeness (QED) is 0.638. The van der Waals surface area contributed by atoms with E-state index >= 15 is 0 Å². The normalized spacial score (nSPS) is 25.9. The lowest BCUT2D eigenvalue weighted by Gasteiger charge is -2.42. The first kappa shape index (κ1) is 11.0. The second-order valence-corrected chi connectivity index (χ2v) is 5.51. The molecule has 1 aromatic carbocycles. The van der Waals surface area contributed by atoms with Gasteiger partial charge in [0.2, 0.25) is 0 Å². The van der Waals surface area contributed by atoms with E-state index in [0.29, 0.717) is 18.6 Å². The van der Waals surface area contributed by atoms with Crippen molar-refractivity contribution in [3.05, 3.63) is 41.5 Å². The Balaban J connectivity index is 2.09. The van der Waals surface area contributed by atoms with Crippen LogP contribution in [0.4, 0.5) is 0 Å². The smallest absolute Gasteiger partial charge is 0.132 e. The summed E-state index contributed by atoms with van der Waals surface area (Å²) in [5, 5.41) is 0.0190. The van der Waals surface area contributed by atoms with Gasteiger partial charge in [-0.05, 0) is 24.0 Å². The number of hydrogen-bond donors (Lipinski definition) is 0. The van der Waals surface area contributed by atoms with Crippen LogP contribution >= 0.6 is 11.6 Å². The van der Waals surface area contributed by atoms with Crippen LogP contribution < -0.4 is 0 Å². The van der Waals surface area contributed by atoms with Crippen LogP contribution in [0.25, 0.3) is 6.08 Å². The zero-order valence-electron chi connectivity index (χ0n) is 9.66. The molecule has 0 unspecified atom stereocenters. The van der Waals surface area contributed by atoms with Crippen molar-refractivity contribution in [2.45, 2.75) is 36.5 Å². The monoisotopic (exact) mass is 246 g/mol. The molecule has 1 saturated carbocycles. The lowest BCUT2D eigenvalue weighted by molar-refractivity contribution is -0.121. The summed E-state index contributed by atoms with van der Waals surface area (Å²) in [5.41, 5.74) is 2.58. The highest BCUT2D eigenvalue weighted by Crippen LogP contribution is 2.47. The van der Waals surface area contributed by atoms with Crippen LogP contribution in [0.2, 0.25) is 0 Å². The largest absolute Gasteiger partial charge is 0.300 e. The van der Waals surface area contributed by atoms with E-state index in [1.165, 1.54) is 11.1 Å². The first-order valence-electron chi connectivity index (χ1n) is 6.16. The lowest BCUT2D eigenvalue weighted by atomic mass is 9.64. The molecule has 0 heterocycles. The average molecular weight is 247 g/mol. The number of benzene rings is 1. The standard InChI is InChI=1S/C15H15ClO/c16-14-6-5-11-3-1-2-4-13(11)15(14)9-7-12(17)8-10-15/h1-6,14H,7-10H2/t14-/m1/s1. The van der Waals surface area contributed by atoms with Crippen molar-refractivity contribution < 1.29 is 4.79 Å². The second-order valence-electron chi connectivity index (χ2n) is 5.04. The van der Waals surface area contributed by atoms with Crippen molar-refractivity contribution >= 4 is 23.5 Å². The maximum Gasteiger partial charge on any atom is 0.132 e. The molecule has 0 N–H and O–H groups in total. The van der Waals surface area contributed by atoms with Gasteiger partial charge in [-0.25, -0.2) is 0 Å². The van der Waals surface area contributed by atoms with Crippen LogP contribution in [0.5, 0.6) is 0 Å². The molecular formula is C15H15ClO. The molecule has 0 radical (unpaired) electrons. The number of allylic oxidation sites excluding steroid dienone is 1. The third-order valence-electron chi connectivity index (χ3n) is 4.17. The molecule has 1 spiro atoms. The summed E-state index contributed by atoms with van der Waals surface area (Å²) in [6.45, 7) is 0. The number of carbonyl (C=O) groups excluding carboxylic acids is 1. The summed E-state index contributed by atoms with van der Waals surface area (Å²) in [5.74, 6) is 0.381. The van der Waals surface area contributed by atoms with Gasteiger partial charge >= 0.3 is 0 Å². The molecule has 88 valence electrons. The molecule has 1 fully saturated rings. The fourth-order valence-electron chi connectivity index (χ4n) is 3.14. The maximum absolute atomic E-state index is 11.4. The van der Waals surface area contributed by atoms with E-state index in [2.05, 4.69) is 36.4 Å². The molecule has 2 aliphatic rings. The van der Waals surface area contributed by atoms with Gasteiger partial charge < -0.3 is 0 Å². The molecule has 2 aliphatic carbocycles. The minimum absolute atomic E-state index is 0.0131. The van der Waals surface area contributed by atoms with Crippen molar-refractivity contribution in [2.75, 3.05) is 0 Å². The molecule has 2 heteroatoms. The molecule has 1 atom stereocenters. The first-order chi connectivity index (χ1) is 8.22. The Kier molecular flexibility index (Phi) is 2.59. The third kappa shape index (κ3) is 1.64. The van der Waals surface area contributed by atoms with Crippen molar-refractivity contribution in [3.8, 4) is 0 Å². The number of ketones is 1. The summed E-state index contributed by atoms with van der Waals surface area (Å²) in [7, 11) is 0. The Labute approximate surface area is 106 Å². The van der Waals surface area contributed by atoms with Gasteiger partial charge in [0, 0.05) is 18.3 Å². The number of alkyl halides is 1. The number of Topliss-reactive ketones (excluding diaryl/α,β-unsaturated/α-hetero) is 1. The van der Waals surface area contributed by atoms with Crippen molar-refractivity contribution in [1.29, 1.82) is 0 Å². The van der Waals surface area contributed by atoms with Gasteiger partial charge in [0.1, 0.15) is 5.78 Å². The fourth-order valence-corrected chi connectivity index (χ4v) is 3.55. The topological polar surface area (TPSA) is 17.1 Å². The molecule has 0 aliphatic heterocycles. The van der Waals surface area contributed by atoms with Gasteiger partial charge in [-0.15, -0.1) is 11.6 Å². The summed E-state index contributed by atoms with van der Waals surface area (Å²) < 4.78 is 0. The first-order valence-corrected chi connectivity index (χ1v) is 6.59. The van der Waals surface area contributed by atoms with E-state index in [9.17, 15) is 4.79 Å². The van der Waals surface area contributed by atoms with Crippen LogP contribution in [0.15, 0.2) is 30.3 Å². The Hall–Kier alpha value is -1.08. The van der Waals surface area contributed by atoms with Gasteiger partial charge in [-0.1, -0.05) is 36.4 Å². The van der Waals surface area contributed by atoms with E-state index in [1.807, 2.05) is 0 Å². The van der Waals surface area contributed by atoms with Crippen LogP contribution in [-0.2, 0) is 10.2 Å². The highest BCUT2D eigenvalue weighted by molar-refractivity contribution is 6.23. The summed E-state index contributed by atoms with van der Waals surface area (Å²) in [6.07, 6.45) is 7.31.